The number of aromatic hydroxyl groups is 1. The Morgan fingerprint density at radius 2 is 2.06 bits per heavy atom. The second-order valence-corrected chi connectivity index (χ2v) is 5.56. The van der Waals surface area contributed by atoms with Crippen LogP contribution in [-0.4, -0.2) is 5.11 Å². The number of hydrogen-bond acceptors (Lipinski definition) is 1. The Kier molecular flexibility index (Phi) is 3.10. The third-order valence-electron chi connectivity index (χ3n) is 3.78. The topological polar surface area (TPSA) is 20.2 Å². The van der Waals surface area contributed by atoms with E-state index in [4.69, 9.17) is 0 Å². The Labute approximate surface area is 103 Å². The minimum absolute atomic E-state index is 0.216. The first-order valence-corrected chi connectivity index (χ1v) is 6.13. The van der Waals surface area contributed by atoms with E-state index in [9.17, 15) is 5.11 Å². The van der Waals surface area contributed by atoms with Crippen molar-refractivity contribution in [2.75, 3.05) is 0 Å². The number of hydrogen-bond donors (Lipinski definition) is 1. The van der Waals surface area contributed by atoms with Crippen molar-refractivity contribution in [2.24, 2.45) is 11.3 Å². The van der Waals surface area contributed by atoms with Crippen LogP contribution >= 0.6 is 0 Å². The van der Waals surface area contributed by atoms with E-state index < -0.39 is 0 Å². The summed E-state index contributed by atoms with van der Waals surface area (Å²) in [5.74, 6) is 0.798. The largest absolute Gasteiger partial charge is 0.508 e. The molecule has 0 saturated heterocycles. The van der Waals surface area contributed by atoms with Gasteiger partial charge in [0.15, 0.2) is 0 Å². The molecule has 0 heterocycles. The summed E-state index contributed by atoms with van der Waals surface area (Å²) in [5, 5.41) is 9.85. The average molecular weight is 228 g/mol. The third kappa shape index (κ3) is 2.44. The number of rotatable bonds is 2. The summed E-state index contributed by atoms with van der Waals surface area (Å²) in [6.45, 7) is 8.69. The SMILES string of the molecule is C=C1C=CCC(C)(C)C1Cc1ccccc1O. The van der Waals surface area contributed by atoms with Crippen LogP contribution in [0.25, 0.3) is 0 Å². The molecule has 0 spiro atoms. The Morgan fingerprint density at radius 1 is 1.35 bits per heavy atom. The van der Waals surface area contributed by atoms with E-state index in [1.807, 2.05) is 18.2 Å². The molecule has 0 bridgehead atoms. The molecule has 1 unspecified atom stereocenters. The number of benzene rings is 1. The molecule has 1 heteroatoms. The van der Waals surface area contributed by atoms with Crippen molar-refractivity contribution in [3.05, 3.63) is 54.1 Å². The van der Waals surface area contributed by atoms with Gasteiger partial charge in [0, 0.05) is 0 Å². The summed E-state index contributed by atoms with van der Waals surface area (Å²) in [6.07, 6.45) is 6.26. The van der Waals surface area contributed by atoms with Gasteiger partial charge in [0.2, 0.25) is 0 Å². The zero-order valence-corrected chi connectivity index (χ0v) is 10.6. The Morgan fingerprint density at radius 3 is 2.71 bits per heavy atom. The Balaban J connectivity index is 2.26. The van der Waals surface area contributed by atoms with Gasteiger partial charge in [0.1, 0.15) is 5.75 Å². The molecule has 0 aliphatic heterocycles. The van der Waals surface area contributed by atoms with Gasteiger partial charge in [-0.15, -0.1) is 0 Å². The van der Waals surface area contributed by atoms with Gasteiger partial charge in [-0.2, -0.15) is 0 Å². The van der Waals surface area contributed by atoms with Crippen LogP contribution in [0.3, 0.4) is 0 Å². The third-order valence-corrected chi connectivity index (χ3v) is 3.78. The summed E-state index contributed by atoms with van der Waals surface area (Å²) in [6, 6.07) is 7.59. The Bertz CT molecular complexity index is 454. The van der Waals surface area contributed by atoms with Crippen molar-refractivity contribution >= 4 is 0 Å². The molecule has 1 aliphatic rings. The molecule has 0 radical (unpaired) electrons. The van der Waals surface area contributed by atoms with E-state index in [0.717, 1.165) is 18.4 Å². The van der Waals surface area contributed by atoms with Gasteiger partial charge in [0.25, 0.3) is 0 Å². The zero-order valence-electron chi connectivity index (χ0n) is 10.6. The number of phenols is 1. The molecule has 0 amide bonds. The predicted molar refractivity (Wildman–Crippen MR) is 72.0 cm³/mol. The van der Waals surface area contributed by atoms with Crippen LogP contribution in [0.4, 0.5) is 0 Å². The lowest BCUT2D eigenvalue weighted by Gasteiger charge is -2.37. The van der Waals surface area contributed by atoms with Crippen LogP contribution in [-0.2, 0) is 6.42 Å². The summed E-state index contributed by atoms with van der Waals surface area (Å²) in [4.78, 5) is 0. The highest BCUT2D eigenvalue weighted by molar-refractivity contribution is 5.35. The summed E-state index contributed by atoms with van der Waals surface area (Å²) >= 11 is 0. The first-order valence-electron chi connectivity index (χ1n) is 6.13. The minimum atomic E-state index is 0.216. The van der Waals surface area contributed by atoms with Crippen LogP contribution in [0.15, 0.2) is 48.6 Å². The fourth-order valence-electron chi connectivity index (χ4n) is 2.59. The van der Waals surface area contributed by atoms with Gasteiger partial charge in [-0.05, 0) is 35.8 Å². The molecule has 1 aromatic carbocycles. The molecule has 1 nitrogen and oxygen atoms in total. The molecule has 17 heavy (non-hydrogen) atoms. The number of allylic oxidation sites excluding steroid dienone is 3. The van der Waals surface area contributed by atoms with Crippen LogP contribution in [0.5, 0.6) is 5.75 Å². The molecule has 1 aromatic rings. The maximum atomic E-state index is 9.85. The molecule has 1 aliphatic carbocycles. The molecular weight excluding hydrogens is 208 g/mol. The second kappa shape index (κ2) is 4.40. The van der Waals surface area contributed by atoms with E-state index >= 15 is 0 Å². The highest BCUT2D eigenvalue weighted by Gasteiger charge is 2.32. The average Bonchev–Trinajstić information content (AvgIpc) is 2.25. The van der Waals surface area contributed by atoms with Crippen molar-refractivity contribution in [1.82, 2.24) is 0 Å². The molecule has 0 aromatic heterocycles. The second-order valence-electron chi connectivity index (χ2n) is 5.56. The van der Waals surface area contributed by atoms with Crippen molar-refractivity contribution < 1.29 is 5.11 Å². The lowest BCUT2D eigenvalue weighted by molar-refractivity contribution is 0.243. The molecule has 1 N–H and O–H groups in total. The number of phenolic OH excluding ortho intramolecular Hbond substituents is 1. The van der Waals surface area contributed by atoms with Crippen molar-refractivity contribution in [1.29, 1.82) is 0 Å². The van der Waals surface area contributed by atoms with E-state index in [1.54, 1.807) is 6.07 Å². The smallest absolute Gasteiger partial charge is 0.118 e. The van der Waals surface area contributed by atoms with Crippen molar-refractivity contribution in [3.8, 4) is 5.75 Å². The fraction of sp³-hybridized carbons (Fsp3) is 0.375. The lowest BCUT2D eigenvalue weighted by atomic mass is 9.67. The van der Waals surface area contributed by atoms with Gasteiger partial charge >= 0.3 is 0 Å². The number of para-hydroxylation sites is 1. The summed E-state index contributed by atoms with van der Waals surface area (Å²) in [5.41, 5.74) is 2.40. The molecule has 2 rings (SSSR count). The molecule has 1 atom stereocenters. The Hall–Kier alpha value is -1.50. The molecule has 0 fully saturated rings. The minimum Gasteiger partial charge on any atom is -0.508 e. The van der Waals surface area contributed by atoms with E-state index in [-0.39, 0.29) is 5.41 Å². The van der Waals surface area contributed by atoms with E-state index in [2.05, 4.69) is 32.6 Å². The van der Waals surface area contributed by atoms with E-state index in [1.165, 1.54) is 5.57 Å². The standard InChI is InChI=1S/C16H20O/c1-12-7-6-10-16(2,3)14(12)11-13-8-4-5-9-15(13)17/h4-9,14,17H,1,10-11H2,2-3H3. The normalized spacial score (nSPS) is 22.7. The van der Waals surface area contributed by atoms with Gasteiger partial charge in [-0.1, -0.05) is 56.4 Å². The van der Waals surface area contributed by atoms with Crippen LogP contribution < -0.4 is 0 Å². The monoisotopic (exact) mass is 228 g/mol. The van der Waals surface area contributed by atoms with Crippen LogP contribution in [0.1, 0.15) is 25.8 Å². The van der Waals surface area contributed by atoms with Crippen molar-refractivity contribution in [2.45, 2.75) is 26.7 Å². The van der Waals surface area contributed by atoms with Crippen LogP contribution in [0, 0.1) is 11.3 Å². The lowest BCUT2D eigenvalue weighted by Crippen LogP contribution is -2.28. The highest BCUT2D eigenvalue weighted by Crippen LogP contribution is 2.42. The summed E-state index contributed by atoms with van der Waals surface area (Å²) in [7, 11) is 0. The molecular formula is C16H20O. The first-order chi connectivity index (χ1) is 8.00. The van der Waals surface area contributed by atoms with Crippen LogP contribution in [0.2, 0.25) is 0 Å². The zero-order chi connectivity index (χ0) is 12.5. The fourth-order valence-corrected chi connectivity index (χ4v) is 2.59. The maximum absolute atomic E-state index is 9.85. The molecule has 0 saturated carbocycles. The van der Waals surface area contributed by atoms with Crippen molar-refractivity contribution in [3.63, 3.8) is 0 Å². The quantitative estimate of drug-likeness (QED) is 0.808. The van der Waals surface area contributed by atoms with Gasteiger partial charge in [-0.3, -0.25) is 0 Å². The predicted octanol–water partition coefficient (Wildman–Crippen LogP) is 4.09. The van der Waals surface area contributed by atoms with E-state index in [0.29, 0.717) is 11.7 Å². The molecule has 90 valence electrons. The van der Waals surface area contributed by atoms with Gasteiger partial charge in [0.05, 0.1) is 0 Å². The summed E-state index contributed by atoms with van der Waals surface area (Å²) < 4.78 is 0. The first kappa shape index (κ1) is 12.0. The van der Waals surface area contributed by atoms with Gasteiger partial charge < -0.3 is 5.11 Å². The maximum Gasteiger partial charge on any atom is 0.118 e. The van der Waals surface area contributed by atoms with Gasteiger partial charge in [-0.25, -0.2) is 0 Å². The highest BCUT2D eigenvalue weighted by atomic mass is 16.3.